The summed E-state index contributed by atoms with van der Waals surface area (Å²) in [5.41, 5.74) is 2.28. The number of fused-ring (bicyclic) bond motifs is 1. The van der Waals surface area contributed by atoms with Gasteiger partial charge in [-0.3, -0.25) is 4.79 Å². The molecule has 5 nitrogen and oxygen atoms in total. The Labute approximate surface area is 138 Å². The lowest BCUT2D eigenvalue weighted by atomic mass is 10.0. The van der Waals surface area contributed by atoms with Crippen molar-refractivity contribution in [3.63, 3.8) is 0 Å². The van der Waals surface area contributed by atoms with Gasteiger partial charge in [0, 0.05) is 31.2 Å². The summed E-state index contributed by atoms with van der Waals surface area (Å²) in [5, 5.41) is 0. The number of amides is 1. The van der Waals surface area contributed by atoms with E-state index in [9.17, 15) is 13.2 Å². The topological polar surface area (TPSA) is 57.7 Å². The molecule has 0 bridgehead atoms. The molecule has 1 atom stereocenters. The Balaban J connectivity index is 1.58. The number of hydrogen-bond donors (Lipinski definition) is 0. The van der Waals surface area contributed by atoms with Gasteiger partial charge in [0.1, 0.15) is 0 Å². The highest BCUT2D eigenvalue weighted by Crippen LogP contribution is 2.27. The number of hydrogen-bond acceptors (Lipinski definition) is 4. The fourth-order valence-electron chi connectivity index (χ4n) is 3.51. The molecule has 1 aromatic rings. The summed E-state index contributed by atoms with van der Waals surface area (Å²) in [5.74, 6) is 0.629. The molecule has 1 saturated heterocycles. The third-order valence-electron chi connectivity index (χ3n) is 4.92. The van der Waals surface area contributed by atoms with Crippen molar-refractivity contribution in [3.05, 3.63) is 29.8 Å². The van der Waals surface area contributed by atoms with Gasteiger partial charge >= 0.3 is 0 Å². The van der Waals surface area contributed by atoms with E-state index in [2.05, 4.69) is 6.07 Å². The van der Waals surface area contributed by atoms with Crippen molar-refractivity contribution in [1.82, 2.24) is 4.90 Å². The van der Waals surface area contributed by atoms with Crippen LogP contribution in [0.5, 0.6) is 0 Å². The highest BCUT2D eigenvalue weighted by atomic mass is 32.2. The standard InChI is InChI=1S/C17H24N2O3S/c1-18(15-9-12-23(21,22)13-15)11-8-17(20)19-10-4-6-14-5-2-3-7-16(14)19/h2-3,5,7,15H,4,6,8-13H2,1H3. The summed E-state index contributed by atoms with van der Waals surface area (Å²) in [4.78, 5) is 16.5. The van der Waals surface area contributed by atoms with Gasteiger partial charge in [-0.1, -0.05) is 18.2 Å². The van der Waals surface area contributed by atoms with E-state index in [0.717, 1.165) is 25.1 Å². The molecule has 126 valence electrons. The van der Waals surface area contributed by atoms with Crippen LogP contribution < -0.4 is 4.90 Å². The second-order valence-electron chi connectivity index (χ2n) is 6.57. The lowest BCUT2D eigenvalue weighted by Gasteiger charge is -2.30. The fourth-order valence-corrected chi connectivity index (χ4v) is 5.31. The number of aryl methyl sites for hydroxylation is 1. The molecule has 0 radical (unpaired) electrons. The molecule has 6 heteroatoms. The molecule has 0 spiro atoms. The summed E-state index contributed by atoms with van der Waals surface area (Å²) in [7, 11) is -0.957. The Morgan fingerprint density at radius 1 is 1.35 bits per heavy atom. The maximum absolute atomic E-state index is 12.6. The molecule has 2 aliphatic heterocycles. The first kappa shape index (κ1) is 16.5. The maximum atomic E-state index is 12.6. The molecule has 1 fully saturated rings. The van der Waals surface area contributed by atoms with Gasteiger partial charge in [-0.15, -0.1) is 0 Å². The number of para-hydroxylation sites is 1. The Bertz CT molecular complexity index is 687. The number of benzene rings is 1. The summed E-state index contributed by atoms with van der Waals surface area (Å²) >= 11 is 0. The quantitative estimate of drug-likeness (QED) is 0.836. The third-order valence-corrected chi connectivity index (χ3v) is 6.67. The van der Waals surface area contributed by atoms with Gasteiger partial charge in [0.2, 0.25) is 5.91 Å². The second-order valence-corrected chi connectivity index (χ2v) is 8.79. The van der Waals surface area contributed by atoms with Crippen LogP contribution in [0.15, 0.2) is 24.3 Å². The van der Waals surface area contributed by atoms with Crippen LogP contribution in [0.2, 0.25) is 0 Å². The highest BCUT2D eigenvalue weighted by Gasteiger charge is 2.31. The van der Waals surface area contributed by atoms with Gasteiger partial charge in [-0.25, -0.2) is 8.42 Å². The first-order valence-corrected chi connectivity index (χ1v) is 10.1. The lowest BCUT2D eigenvalue weighted by molar-refractivity contribution is -0.119. The van der Waals surface area contributed by atoms with Crippen molar-refractivity contribution in [1.29, 1.82) is 0 Å². The molecule has 3 rings (SSSR count). The first-order chi connectivity index (χ1) is 11.0. The molecule has 23 heavy (non-hydrogen) atoms. The van der Waals surface area contributed by atoms with Gasteiger partial charge in [-0.05, 0) is 37.9 Å². The molecular weight excluding hydrogens is 312 g/mol. The zero-order chi connectivity index (χ0) is 16.4. The van der Waals surface area contributed by atoms with Gasteiger partial charge in [-0.2, -0.15) is 0 Å². The van der Waals surface area contributed by atoms with Gasteiger partial charge in [0.05, 0.1) is 11.5 Å². The first-order valence-electron chi connectivity index (χ1n) is 8.25. The minimum atomic E-state index is -2.88. The average molecular weight is 336 g/mol. The number of rotatable bonds is 4. The van der Waals surface area contributed by atoms with Crippen molar-refractivity contribution >= 4 is 21.4 Å². The summed E-state index contributed by atoms with van der Waals surface area (Å²) < 4.78 is 23.1. The van der Waals surface area contributed by atoms with E-state index < -0.39 is 9.84 Å². The van der Waals surface area contributed by atoms with Crippen LogP contribution in [-0.4, -0.2) is 56.9 Å². The van der Waals surface area contributed by atoms with Crippen molar-refractivity contribution in [2.75, 3.05) is 36.5 Å². The monoisotopic (exact) mass is 336 g/mol. The highest BCUT2D eigenvalue weighted by molar-refractivity contribution is 7.91. The minimum Gasteiger partial charge on any atom is -0.312 e. The molecular formula is C17H24N2O3S. The molecule has 0 aromatic heterocycles. The van der Waals surface area contributed by atoms with Crippen LogP contribution >= 0.6 is 0 Å². The van der Waals surface area contributed by atoms with E-state index in [4.69, 9.17) is 0 Å². The van der Waals surface area contributed by atoms with Crippen molar-refractivity contribution < 1.29 is 13.2 Å². The van der Waals surface area contributed by atoms with Crippen LogP contribution in [0, 0.1) is 0 Å². The molecule has 0 saturated carbocycles. The number of nitrogens with zero attached hydrogens (tertiary/aromatic N) is 2. The number of sulfone groups is 1. The van der Waals surface area contributed by atoms with E-state index in [1.54, 1.807) is 0 Å². The Morgan fingerprint density at radius 3 is 2.87 bits per heavy atom. The summed E-state index contributed by atoms with van der Waals surface area (Å²) in [6.45, 7) is 1.38. The Hall–Kier alpha value is -1.40. The summed E-state index contributed by atoms with van der Waals surface area (Å²) in [6, 6.07) is 8.15. The van der Waals surface area contributed by atoms with Crippen LogP contribution in [0.1, 0.15) is 24.8 Å². The maximum Gasteiger partial charge on any atom is 0.228 e. The largest absolute Gasteiger partial charge is 0.312 e. The van der Waals surface area contributed by atoms with Crippen molar-refractivity contribution in [2.24, 2.45) is 0 Å². The van der Waals surface area contributed by atoms with Crippen LogP contribution in [0.4, 0.5) is 5.69 Å². The zero-order valence-electron chi connectivity index (χ0n) is 13.6. The van der Waals surface area contributed by atoms with E-state index in [0.29, 0.717) is 19.4 Å². The Kier molecular flexibility index (Phi) is 4.73. The predicted molar refractivity (Wildman–Crippen MR) is 91.4 cm³/mol. The normalized spacial score (nSPS) is 23.0. The van der Waals surface area contributed by atoms with Gasteiger partial charge in [0.15, 0.2) is 9.84 Å². The Morgan fingerprint density at radius 2 is 2.13 bits per heavy atom. The molecule has 0 N–H and O–H groups in total. The number of anilines is 1. The van der Waals surface area contributed by atoms with Crippen LogP contribution in [0.3, 0.4) is 0 Å². The molecule has 2 heterocycles. The van der Waals surface area contributed by atoms with Crippen molar-refractivity contribution in [2.45, 2.75) is 31.7 Å². The van der Waals surface area contributed by atoms with E-state index in [-0.39, 0.29) is 23.5 Å². The zero-order valence-corrected chi connectivity index (χ0v) is 14.4. The van der Waals surface area contributed by atoms with E-state index >= 15 is 0 Å². The minimum absolute atomic E-state index is 0.0569. The van der Waals surface area contributed by atoms with E-state index in [1.807, 2.05) is 35.0 Å². The van der Waals surface area contributed by atoms with Crippen molar-refractivity contribution in [3.8, 4) is 0 Å². The lowest BCUT2D eigenvalue weighted by Crippen LogP contribution is -2.39. The number of carbonyl (C=O) groups excluding carboxylic acids is 1. The fraction of sp³-hybridized carbons (Fsp3) is 0.588. The van der Waals surface area contributed by atoms with E-state index in [1.165, 1.54) is 5.56 Å². The SMILES string of the molecule is CN(CCC(=O)N1CCCc2ccccc21)C1CCS(=O)(=O)C1. The van der Waals surface area contributed by atoms with Crippen LogP contribution in [0.25, 0.3) is 0 Å². The third kappa shape index (κ3) is 3.75. The molecule has 1 amide bonds. The predicted octanol–water partition coefficient (Wildman–Crippen LogP) is 1.47. The molecule has 1 aromatic carbocycles. The molecule has 2 aliphatic rings. The molecule has 1 unspecified atom stereocenters. The van der Waals surface area contributed by atoms with Gasteiger partial charge < -0.3 is 9.80 Å². The second kappa shape index (κ2) is 6.61. The smallest absolute Gasteiger partial charge is 0.228 e. The van der Waals surface area contributed by atoms with Crippen LogP contribution in [-0.2, 0) is 21.1 Å². The number of carbonyl (C=O) groups is 1. The average Bonchev–Trinajstić information content (AvgIpc) is 2.92. The molecule has 0 aliphatic carbocycles. The van der Waals surface area contributed by atoms with Gasteiger partial charge in [0.25, 0.3) is 0 Å². The summed E-state index contributed by atoms with van der Waals surface area (Å²) in [6.07, 6.45) is 3.14.